The number of fused-ring (bicyclic) bond motifs is 1. The zero-order valence-corrected chi connectivity index (χ0v) is 48.0. The molecule has 9 rings (SSSR count). The third kappa shape index (κ3) is 16.8. The minimum atomic E-state index is -6.13. The highest BCUT2D eigenvalue weighted by Gasteiger charge is 2.48. The van der Waals surface area contributed by atoms with Gasteiger partial charge in [0.25, 0.3) is 0 Å². The van der Waals surface area contributed by atoms with Crippen molar-refractivity contribution in [3.63, 3.8) is 0 Å². The number of aromatic nitrogens is 1. The van der Waals surface area contributed by atoms with Crippen LogP contribution in [0.25, 0.3) is 16.5 Å². The molecule has 2 aliphatic rings. The Labute approximate surface area is 517 Å². The maximum atomic E-state index is 14.2. The first-order valence-electron chi connectivity index (χ1n) is 28.4. The monoisotopic (exact) mass is 1360 g/mol. The lowest BCUT2D eigenvalue weighted by atomic mass is 9.12. The van der Waals surface area contributed by atoms with Crippen molar-refractivity contribution in [3.05, 3.63) is 201 Å². The predicted molar refractivity (Wildman–Crippen MR) is 294 cm³/mol. The molecule has 94 heavy (non-hydrogen) atoms. The van der Waals surface area contributed by atoms with Crippen molar-refractivity contribution >= 4 is 56.4 Å². The van der Waals surface area contributed by atoms with Gasteiger partial charge in [-0.25, -0.2) is 9.59 Å². The predicted octanol–water partition coefficient (Wildman–Crippen LogP) is 17.5. The summed E-state index contributed by atoms with van der Waals surface area (Å²) >= 11 is 0. The number of carbonyl (C=O) groups is 2. The number of pyridine rings is 1. The van der Waals surface area contributed by atoms with Gasteiger partial charge in [0.2, 0.25) is 5.52 Å². The molecule has 0 N–H and O–H groups in total. The lowest BCUT2D eigenvalue weighted by Crippen LogP contribution is -2.75. The molecule has 0 atom stereocenters. The van der Waals surface area contributed by atoms with Gasteiger partial charge in [-0.05, 0) is 93.3 Å². The van der Waals surface area contributed by atoms with E-state index in [0.717, 1.165) is 80.7 Å². The Morgan fingerprint density at radius 2 is 0.638 bits per heavy atom. The maximum Gasteiger partial charge on any atom is 0.416 e. The number of esters is 2. The first-order chi connectivity index (χ1) is 43.4. The zero-order chi connectivity index (χ0) is 69.4. The Kier molecular flexibility index (Phi) is 20.5. The minimum Gasteiger partial charge on any atom is -0.459 e. The molecule has 0 radical (unpaired) electrons. The van der Waals surface area contributed by atoms with Crippen LogP contribution in [0.1, 0.15) is 114 Å². The number of alkyl halides is 24. The molecule has 30 heteroatoms. The minimum absolute atomic E-state index is 0.0304. The van der Waals surface area contributed by atoms with Crippen LogP contribution >= 0.6 is 0 Å². The highest BCUT2D eigenvalue weighted by molar-refractivity contribution is 7.20. The van der Waals surface area contributed by atoms with E-state index in [4.69, 9.17) is 9.47 Å². The second-order valence-corrected chi connectivity index (χ2v) is 22.5. The Balaban J connectivity index is 0.000000263. The van der Waals surface area contributed by atoms with Gasteiger partial charge in [-0.2, -0.15) is 132 Å². The molecule has 5 nitrogen and oxygen atoms in total. The standard InChI is InChI=1S/C32H12BF24.C32H36NO4/c34-25(35,36)13-1-14(26(37,38)39)6-21(5-13)33(22-7-15(27(40,41)42)2-16(8-22)28(43,44)45,23-9-17(29(46,47)48)3-18(10-23)30(49,50)51)24-11-19(31(52,53)54)4-20(12-24)32(55,56)57;34-31(36-26-17-6-2-7-18-26)30(32(35)37-27-19-8-3-9-20-27)28(24-13-4-1-5-14-24)23-33-22-12-16-25-15-10-11-21-29(25)33/h1-12H;1,4-5,10-16,21-22,26-27H,2-3,6-9,17-20,23H2/q-1;+1. The highest BCUT2D eigenvalue weighted by Crippen LogP contribution is 2.42. The normalized spacial score (nSPS) is 15.3. The fourth-order valence-corrected chi connectivity index (χ4v) is 11.7. The van der Waals surface area contributed by atoms with E-state index in [2.05, 4.69) is 22.8 Å². The summed E-state index contributed by atoms with van der Waals surface area (Å²) < 4.78 is 355. The van der Waals surface area contributed by atoms with Crippen molar-refractivity contribution in [1.82, 2.24) is 0 Å². The van der Waals surface area contributed by atoms with Gasteiger partial charge in [-0.15, -0.1) is 0 Å². The molecule has 0 unspecified atom stereocenters. The molecule has 1 heterocycles. The molecule has 0 saturated heterocycles. The van der Waals surface area contributed by atoms with Crippen LogP contribution in [-0.2, 0) is 75.0 Å². The largest absolute Gasteiger partial charge is 0.459 e. The number of benzene rings is 6. The van der Waals surface area contributed by atoms with E-state index < -0.39 is 207 Å². The summed E-state index contributed by atoms with van der Waals surface area (Å²) in [6.45, 7) is 0.347. The molecule has 6 aromatic carbocycles. The van der Waals surface area contributed by atoms with Crippen LogP contribution in [0.15, 0.2) is 151 Å². The van der Waals surface area contributed by atoms with Crippen LogP contribution in [-0.4, -0.2) is 30.3 Å². The molecule has 2 saturated carbocycles. The van der Waals surface area contributed by atoms with Crippen molar-refractivity contribution in [3.8, 4) is 0 Å². The van der Waals surface area contributed by atoms with E-state index >= 15 is 0 Å². The van der Waals surface area contributed by atoms with Crippen molar-refractivity contribution < 1.29 is 129 Å². The molecule has 2 aliphatic carbocycles. The average Bonchev–Trinajstić information content (AvgIpc) is 0.708. The molecule has 504 valence electrons. The lowest BCUT2D eigenvalue weighted by molar-refractivity contribution is -0.658. The summed E-state index contributed by atoms with van der Waals surface area (Å²) in [5.74, 6) is -1.13. The molecular weight excluding hydrogens is 1310 g/mol. The van der Waals surface area contributed by atoms with Gasteiger partial charge >= 0.3 is 61.3 Å². The number of nitrogens with zero attached hydrogens (tertiary/aromatic N) is 1. The molecule has 0 aliphatic heterocycles. The van der Waals surface area contributed by atoms with Crippen molar-refractivity contribution in [1.29, 1.82) is 0 Å². The number of carbonyl (C=O) groups excluding carboxylic acids is 2. The maximum absolute atomic E-state index is 14.2. The van der Waals surface area contributed by atoms with Crippen LogP contribution in [0.4, 0.5) is 105 Å². The fourth-order valence-electron chi connectivity index (χ4n) is 11.7. The van der Waals surface area contributed by atoms with Gasteiger partial charge in [0.1, 0.15) is 18.4 Å². The average molecular weight is 1360 g/mol. The first kappa shape index (κ1) is 71.6. The van der Waals surface area contributed by atoms with E-state index in [1.807, 2.05) is 54.7 Å². The van der Waals surface area contributed by atoms with E-state index in [0.29, 0.717) is 12.1 Å². The summed E-state index contributed by atoms with van der Waals surface area (Å²) in [5.41, 5.74) is -27.7. The summed E-state index contributed by atoms with van der Waals surface area (Å²) in [7, 11) is 0. The third-order valence-corrected chi connectivity index (χ3v) is 16.0. The Bertz CT molecular complexity index is 3430. The molecule has 0 amide bonds. The molecule has 0 bridgehead atoms. The summed E-state index contributed by atoms with van der Waals surface area (Å²) in [6.07, 6.45) is -43.3. The Morgan fingerprint density at radius 1 is 0.362 bits per heavy atom. The molecule has 0 spiro atoms. The van der Waals surface area contributed by atoms with Gasteiger partial charge in [0.15, 0.2) is 18.3 Å². The van der Waals surface area contributed by atoms with Crippen molar-refractivity contribution in [2.24, 2.45) is 0 Å². The second kappa shape index (κ2) is 26.9. The number of halogens is 24. The Morgan fingerprint density at radius 3 is 0.936 bits per heavy atom. The van der Waals surface area contributed by atoms with Gasteiger partial charge in [-0.3, -0.25) is 0 Å². The summed E-state index contributed by atoms with van der Waals surface area (Å²) in [6, 6.07) is 13.1. The van der Waals surface area contributed by atoms with Gasteiger partial charge in [-0.1, -0.05) is 104 Å². The number of allylic oxidation sites excluding steroid dienone is 1. The van der Waals surface area contributed by atoms with Crippen LogP contribution in [0.2, 0.25) is 0 Å². The molecular formula is C64H48BF24NO4. The SMILES string of the molecule is FC(F)(F)c1cc([B-](c2cc(C(F)(F)F)cc(C(F)(F)F)c2)(c2cc(C(F)(F)F)cc(C(F)(F)F)c2)c2cc(C(F)(F)F)cc(C(F)(F)F)c2)cc(C(F)(F)F)c1.O=C(OC1CCCCC1)C(C(=O)OC1CCCCC1)=C(C[n+]1cccc2ccccc21)c1ccccc1. The summed E-state index contributed by atoms with van der Waals surface area (Å²) in [5, 5.41) is 1.09. The fraction of sp³-hybridized carbons (Fsp3) is 0.328. The first-order valence-corrected chi connectivity index (χ1v) is 28.4. The van der Waals surface area contributed by atoms with Gasteiger partial charge in [0, 0.05) is 23.1 Å². The van der Waals surface area contributed by atoms with E-state index in [1.54, 1.807) is 0 Å². The quantitative estimate of drug-likeness (QED) is 0.0246. The smallest absolute Gasteiger partial charge is 0.416 e. The van der Waals surface area contributed by atoms with Gasteiger partial charge < -0.3 is 9.47 Å². The number of ether oxygens (including phenoxy) is 2. The number of para-hydroxylation sites is 1. The number of hydrogen-bond donors (Lipinski definition) is 0. The molecule has 2 fully saturated rings. The molecule has 1 aromatic heterocycles. The van der Waals surface area contributed by atoms with Crippen LogP contribution in [0.3, 0.4) is 0 Å². The van der Waals surface area contributed by atoms with Crippen LogP contribution in [0.5, 0.6) is 0 Å². The van der Waals surface area contributed by atoms with Crippen molar-refractivity contribution in [2.45, 2.75) is 132 Å². The Hall–Kier alpha value is -8.21. The lowest BCUT2D eigenvalue weighted by Gasteiger charge is -2.46. The molecule has 7 aromatic rings. The zero-order valence-electron chi connectivity index (χ0n) is 48.0. The highest BCUT2D eigenvalue weighted by atomic mass is 19.4. The van der Waals surface area contributed by atoms with Crippen molar-refractivity contribution in [2.75, 3.05) is 0 Å². The van der Waals surface area contributed by atoms with Crippen LogP contribution < -0.4 is 26.4 Å². The third-order valence-electron chi connectivity index (χ3n) is 16.0. The number of hydrogen-bond acceptors (Lipinski definition) is 4. The second-order valence-electron chi connectivity index (χ2n) is 22.5. The van der Waals surface area contributed by atoms with Gasteiger partial charge in [0.05, 0.1) is 44.5 Å². The summed E-state index contributed by atoms with van der Waals surface area (Å²) in [4.78, 5) is 27.5. The number of rotatable bonds is 11. The van der Waals surface area contributed by atoms with Crippen LogP contribution in [0, 0.1) is 0 Å². The van der Waals surface area contributed by atoms with E-state index in [1.165, 1.54) is 0 Å². The van der Waals surface area contributed by atoms with E-state index in [9.17, 15) is 115 Å². The van der Waals surface area contributed by atoms with E-state index in [-0.39, 0.29) is 17.8 Å². The topological polar surface area (TPSA) is 56.5 Å².